The Labute approximate surface area is 174 Å². The number of thiophene rings is 1. The van der Waals surface area contributed by atoms with Crippen molar-refractivity contribution in [2.75, 3.05) is 33.2 Å². The standard InChI is InChI=1S/C21H25N3O4S/c1-12(2)24-7-6-14-15(10-22)21(29-18(14)11-24)23-20(25)13-8-16(26-3)19(28-5)17(9-13)27-4/h8-9,12H,6-7,11H2,1-5H3,(H,23,25). The molecule has 0 fully saturated rings. The van der Waals surface area contributed by atoms with Gasteiger partial charge in [0.15, 0.2) is 11.5 Å². The lowest BCUT2D eigenvalue weighted by Crippen LogP contribution is -2.35. The van der Waals surface area contributed by atoms with Crippen LogP contribution in [0.1, 0.15) is 40.2 Å². The van der Waals surface area contributed by atoms with Crippen molar-refractivity contribution in [1.29, 1.82) is 5.26 Å². The molecule has 0 bridgehead atoms. The molecule has 8 heteroatoms. The van der Waals surface area contributed by atoms with Gasteiger partial charge in [0.1, 0.15) is 11.1 Å². The summed E-state index contributed by atoms with van der Waals surface area (Å²) in [5, 5.41) is 13.2. The maximum atomic E-state index is 12.9. The Morgan fingerprint density at radius 3 is 2.38 bits per heavy atom. The molecule has 1 aromatic carbocycles. The Bertz CT molecular complexity index is 937. The molecular weight excluding hydrogens is 390 g/mol. The molecule has 154 valence electrons. The fourth-order valence-corrected chi connectivity index (χ4v) is 4.68. The summed E-state index contributed by atoms with van der Waals surface area (Å²) in [7, 11) is 4.51. The number of nitrogens with zero attached hydrogens (tertiary/aromatic N) is 2. The van der Waals surface area contributed by atoms with Gasteiger partial charge in [-0.1, -0.05) is 0 Å². The molecule has 0 spiro atoms. The number of fused-ring (bicyclic) bond motifs is 1. The SMILES string of the molecule is COc1cc(C(=O)Nc2sc3c(c2C#N)CCN(C(C)C)C3)cc(OC)c1OC. The van der Waals surface area contributed by atoms with E-state index in [-0.39, 0.29) is 5.91 Å². The van der Waals surface area contributed by atoms with Gasteiger partial charge in [-0.05, 0) is 38.0 Å². The van der Waals surface area contributed by atoms with Gasteiger partial charge in [-0.2, -0.15) is 5.26 Å². The molecule has 0 radical (unpaired) electrons. The van der Waals surface area contributed by atoms with Crippen LogP contribution >= 0.6 is 11.3 Å². The predicted molar refractivity (Wildman–Crippen MR) is 112 cm³/mol. The van der Waals surface area contributed by atoms with E-state index in [0.29, 0.717) is 39.4 Å². The largest absolute Gasteiger partial charge is 0.493 e. The van der Waals surface area contributed by atoms with Crippen LogP contribution in [0.15, 0.2) is 12.1 Å². The number of hydrogen-bond donors (Lipinski definition) is 1. The summed E-state index contributed by atoms with van der Waals surface area (Å²) in [6.45, 7) is 6.04. The Morgan fingerprint density at radius 1 is 1.21 bits per heavy atom. The molecule has 0 saturated carbocycles. The van der Waals surface area contributed by atoms with Gasteiger partial charge in [-0.25, -0.2) is 0 Å². The summed E-state index contributed by atoms with van der Waals surface area (Å²) in [5.74, 6) is 0.885. The summed E-state index contributed by atoms with van der Waals surface area (Å²) in [5.41, 5.74) is 1.97. The first-order valence-corrected chi connectivity index (χ1v) is 10.1. The number of nitrogens with one attached hydrogen (secondary N) is 1. The van der Waals surface area contributed by atoms with Gasteiger partial charge in [-0.3, -0.25) is 9.69 Å². The van der Waals surface area contributed by atoms with Crippen molar-refractivity contribution < 1.29 is 19.0 Å². The second kappa shape index (κ2) is 8.72. The van der Waals surface area contributed by atoms with E-state index >= 15 is 0 Å². The normalized spacial score (nSPS) is 13.6. The molecular formula is C21H25N3O4S. The Morgan fingerprint density at radius 2 is 1.86 bits per heavy atom. The predicted octanol–water partition coefficient (Wildman–Crippen LogP) is 3.66. The molecule has 2 aromatic rings. The first-order chi connectivity index (χ1) is 13.9. The Balaban J connectivity index is 1.91. The number of carbonyl (C=O) groups is 1. The molecule has 2 heterocycles. The van der Waals surface area contributed by atoms with Crippen molar-refractivity contribution in [1.82, 2.24) is 4.90 Å². The second-order valence-corrected chi connectivity index (χ2v) is 8.11. The number of amides is 1. The molecule has 3 rings (SSSR count). The smallest absolute Gasteiger partial charge is 0.256 e. The van der Waals surface area contributed by atoms with Gasteiger partial charge in [0.05, 0.1) is 26.9 Å². The van der Waals surface area contributed by atoms with E-state index in [4.69, 9.17) is 14.2 Å². The van der Waals surface area contributed by atoms with E-state index in [1.165, 1.54) is 32.7 Å². The molecule has 1 N–H and O–H groups in total. The zero-order valence-corrected chi connectivity index (χ0v) is 18.1. The molecule has 29 heavy (non-hydrogen) atoms. The highest BCUT2D eigenvalue weighted by atomic mass is 32.1. The van der Waals surface area contributed by atoms with Gasteiger partial charge < -0.3 is 19.5 Å². The van der Waals surface area contributed by atoms with Crippen LogP contribution in [0.5, 0.6) is 17.2 Å². The fourth-order valence-electron chi connectivity index (χ4n) is 3.46. The number of benzene rings is 1. The molecule has 0 atom stereocenters. The number of rotatable bonds is 6. The van der Waals surface area contributed by atoms with Crippen LogP contribution in [-0.2, 0) is 13.0 Å². The van der Waals surface area contributed by atoms with Gasteiger partial charge in [0, 0.05) is 29.6 Å². The van der Waals surface area contributed by atoms with Gasteiger partial charge in [0.25, 0.3) is 5.91 Å². The summed E-state index contributed by atoms with van der Waals surface area (Å²) in [6.07, 6.45) is 0.812. The van der Waals surface area contributed by atoms with Crippen LogP contribution in [0.4, 0.5) is 5.00 Å². The van der Waals surface area contributed by atoms with Crippen molar-refractivity contribution in [3.05, 3.63) is 33.7 Å². The van der Waals surface area contributed by atoms with E-state index in [0.717, 1.165) is 30.0 Å². The third kappa shape index (κ3) is 4.02. The lowest BCUT2D eigenvalue weighted by Gasteiger charge is -2.30. The van der Waals surface area contributed by atoms with Crippen LogP contribution < -0.4 is 19.5 Å². The van der Waals surface area contributed by atoms with E-state index in [9.17, 15) is 10.1 Å². The number of ether oxygens (including phenoxy) is 3. The summed E-state index contributed by atoms with van der Waals surface area (Å²) < 4.78 is 16.0. The Kier molecular flexibility index (Phi) is 6.30. The number of anilines is 1. The van der Waals surface area contributed by atoms with Crippen LogP contribution in [0, 0.1) is 11.3 Å². The average Bonchev–Trinajstić information content (AvgIpc) is 3.08. The summed E-state index contributed by atoms with van der Waals surface area (Å²) in [6, 6.07) is 5.90. The van der Waals surface area contributed by atoms with Gasteiger partial charge >= 0.3 is 0 Å². The number of nitriles is 1. The molecule has 1 aromatic heterocycles. The number of hydrogen-bond acceptors (Lipinski definition) is 7. The third-order valence-corrected chi connectivity index (χ3v) is 6.21. The maximum absolute atomic E-state index is 12.9. The zero-order chi connectivity index (χ0) is 21.1. The highest BCUT2D eigenvalue weighted by Crippen LogP contribution is 2.40. The van der Waals surface area contributed by atoms with E-state index in [2.05, 4.69) is 30.1 Å². The molecule has 1 amide bonds. The van der Waals surface area contributed by atoms with Crippen LogP contribution in [0.2, 0.25) is 0 Å². The van der Waals surface area contributed by atoms with Crippen molar-refractivity contribution in [2.24, 2.45) is 0 Å². The van der Waals surface area contributed by atoms with E-state index in [1.807, 2.05) is 0 Å². The first-order valence-electron chi connectivity index (χ1n) is 9.33. The van der Waals surface area contributed by atoms with Crippen LogP contribution in [-0.4, -0.2) is 44.7 Å². The molecule has 0 aliphatic carbocycles. The zero-order valence-electron chi connectivity index (χ0n) is 17.3. The molecule has 7 nitrogen and oxygen atoms in total. The summed E-state index contributed by atoms with van der Waals surface area (Å²) in [4.78, 5) is 16.4. The average molecular weight is 416 g/mol. The molecule has 0 unspecified atom stereocenters. The molecule has 0 saturated heterocycles. The first kappa shape index (κ1) is 21.0. The lowest BCUT2D eigenvalue weighted by molar-refractivity contribution is 0.102. The third-order valence-electron chi connectivity index (χ3n) is 5.08. The fraction of sp³-hybridized carbons (Fsp3) is 0.429. The highest BCUT2D eigenvalue weighted by molar-refractivity contribution is 7.16. The minimum atomic E-state index is -0.333. The molecule has 1 aliphatic heterocycles. The lowest BCUT2D eigenvalue weighted by atomic mass is 10.0. The van der Waals surface area contributed by atoms with Crippen molar-refractivity contribution in [3.8, 4) is 23.3 Å². The summed E-state index contributed by atoms with van der Waals surface area (Å²) >= 11 is 1.47. The van der Waals surface area contributed by atoms with Crippen molar-refractivity contribution in [3.63, 3.8) is 0 Å². The van der Waals surface area contributed by atoms with Crippen molar-refractivity contribution >= 4 is 22.2 Å². The number of carbonyl (C=O) groups excluding carboxylic acids is 1. The minimum Gasteiger partial charge on any atom is -0.493 e. The minimum absolute atomic E-state index is 0.333. The number of methoxy groups -OCH3 is 3. The topological polar surface area (TPSA) is 83.8 Å². The monoisotopic (exact) mass is 415 g/mol. The van der Waals surface area contributed by atoms with Gasteiger partial charge in [0.2, 0.25) is 5.75 Å². The molecule has 1 aliphatic rings. The Hall–Kier alpha value is -2.76. The van der Waals surface area contributed by atoms with Crippen molar-refractivity contribution in [2.45, 2.75) is 32.9 Å². The highest BCUT2D eigenvalue weighted by Gasteiger charge is 2.27. The maximum Gasteiger partial charge on any atom is 0.256 e. The van der Waals surface area contributed by atoms with Crippen LogP contribution in [0.3, 0.4) is 0 Å². The van der Waals surface area contributed by atoms with Crippen LogP contribution in [0.25, 0.3) is 0 Å². The van der Waals surface area contributed by atoms with E-state index in [1.54, 1.807) is 12.1 Å². The quantitative estimate of drug-likeness (QED) is 0.775. The van der Waals surface area contributed by atoms with E-state index < -0.39 is 0 Å². The second-order valence-electron chi connectivity index (χ2n) is 7.00. The van der Waals surface area contributed by atoms with Gasteiger partial charge in [-0.15, -0.1) is 11.3 Å².